The van der Waals surface area contributed by atoms with Crippen molar-refractivity contribution in [3.63, 3.8) is 0 Å². The Bertz CT molecular complexity index is 597. The van der Waals surface area contributed by atoms with Crippen molar-refractivity contribution in [1.82, 2.24) is 9.97 Å². The van der Waals surface area contributed by atoms with E-state index in [-0.39, 0.29) is 11.0 Å². The highest BCUT2D eigenvalue weighted by atomic mass is 16.1. The lowest BCUT2D eigenvalue weighted by Gasteiger charge is -2.36. The molecule has 98 valence electrons. The molecule has 1 aromatic carbocycles. The molecule has 0 bridgehead atoms. The lowest BCUT2D eigenvalue weighted by molar-refractivity contribution is 0.329. The molecule has 1 heterocycles. The lowest BCUT2D eigenvalue weighted by atomic mass is 9.69. The molecule has 3 rings (SSSR count). The number of hydrogen-bond donors (Lipinski definition) is 1. The zero-order chi connectivity index (χ0) is 13.1. The Morgan fingerprint density at radius 3 is 2.42 bits per heavy atom. The second-order valence-corrected chi connectivity index (χ2v) is 5.29. The summed E-state index contributed by atoms with van der Waals surface area (Å²) in [5.74, 6) is 0.825. The van der Waals surface area contributed by atoms with E-state index in [1.54, 1.807) is 6.20 Å². The van der Waals surface area contributed by atoms with Gasteiger partial charge in [0.05, 0.1) is 5.41 Å². The standard InChI is InChI=1S/C16H18N2O/c19-14-9-12-17-15(18-14)16(10-5-2-6-11-16)13-7-3-1-4-8-13/h1,3-4,7-9,12H,2,5-6,10-11H2,(H,17,18,19). The molecular weight excluding hydrogens is 236 g/mol. The Kier molecular flexibility index (Phi) is 3.20. The maximum Gasteiger partial charge on any atom is 0.250 e. The van der Waals surface area contributed by atoms with E-state index >= 15 is 0 Å². The van der Waals surface area contributed by atoms with Crippen LogP contribution in [-0.4, -0.2) is 9.97 Å². The van der Waals surface area contributed by atoms with Crippen LogP contribution in [0.3, 0.4) is 0 Å². The Morgan fingerprint density at radius 2 is 1.74 bits per heavy atom. The summed E-state index contributed by atoms with van der Waals surface area (Å²) >= 11 is 0. The number of H-pyrrole nitrogens is 1. The number of rotatable bonds is 2. The maximum atomic E-state index is 11.6. The van der Waals surface area contributed by atoms with Gasteiger partial charge in [0, 0.05) is 12.3 Å². The highest BCUT2D eigenvalue weighted by Gasteiger charge is 2.37. The van der Waals surface area contributed by atoms with Crippen LogP contribution in [0, 0.1) is 0 Å². The van der Waals surface area contributed by atoms with Crippen molar-refractivity contribution < 1.29 is 0 Å². The first-order valence-corrected chi connectivity index (χ1v) is 6.93. The van der Waals surface area contributed by atoms with Gasteiger partial charge in [0.15, 0.2) is 0 Å². The minimum atomic E-state index is -0.111. The molecule has 1 aliphatic rings. The molecule has 0 unspecified atom stereocenters. The van der Waals surface area contributed by atoms with E-state index in [1.807, 2.05) is 6.07 Å². The molecule has 0 atom stereocenters. The number of aromatic amines is 1. The molecule has 1 fully saturated rings. The fraction of sp³-hybridized carbons (Fsp3) is 0.375. The summed E-state index contributed by atoms with van der Waals surface area (Å²) in [6.07, 6.45) is 7.38. The summed E-state index contributed by atoms with van der Waals surface area (Å²) in [6.45, 7) is 0. The summed E-state index contributed by atoms with van der Waals surface area (Å²) in [4.78, 5) is 19.0. The third-order valence-electron chi connectivity index (χ3n) is 4.16. The van der Waals surface area contributed by atoms with Gasteiger partial charge in [-0.2, -0.15) is 0 Å². The Morgan fingerprint density at radius 1 is 1.00 bits per heavy atom. The first-order chi connectivity index (χ1) is 9.31. The van der Waals surface area contributed by atoms with E-state index < -0.39 is 0 Å². The Labute approximate surface area is 112 Å². The van der Waals surface area contributed by atoms with Gasteiger partial charge in [-0.25, -0.2) is 4.98 Å². The van der Waals surface area contributed by atoms with Gasteiger partial charge < -0.3 is 4.98 Å². The number of benzene rings is 1. The van der Waals surface area contributed by atoms with Gasteiger partial charge in [-0.15, -0.1) is 0 Å². The third kappa shape index (κ3) is 2.21. The molecule has 3 heteroatoms. The number of nitrogens with zero attached hydrogens (tertiary/aromatic N) is 1. The van der Waals surface area contributed by atoms with Crippen molar-refractivity contribution in [1.29, 1.82) is 0 Å². The predicted octanol–water partition coefficient (Wildman–Crippen LogP) is 3.02. The molecule has 1 N–H and O–H groups in total. The second-order valence-electron chi connectivity index (χ2n) is 5.29. The van der Waals surface area contributed by atoms with Gasteiger partial charge in [0.2, 0.25) is 0 Å². The summed E-state index contributed by atoms with van der Waals surface area (Å²) in [5, 5.41) is 0. The highest BCUT2D eigenvalue weighted by molar-refractivity contribution is 5.33. The maximum absolute atomic E-state index is 11.6. The fourth-order valence-electron chi connectivity index (χ4n) is 3.19. The van der Waals surface area contributed by atoms with Gasteiger partial charge in [0.25, 0.3) is 5.56 Å². The molecule has 0 spiro atoms. The van der Waals surface area contributed by atoms with Crippen LogP contribution < -0.4 is 5.56 Å². The van der Waals surface area contributed by atoms with E-state index in [2.05, 4.69) is 34.2 Å². The summed E-state index contributed by atoms with van der Waals surface area (Å²) in [5.41, 5.74) is 1.09. The largest absolute Gasteiger partial charge is 0.310 e. The van der Waals surface area contributed by atoms with E-state index in [0.29, 0.717) is 0 Å². The van der Waals surface area contributed by atoms with Crippen LogP contribution >= 0.6 is 0 Å². The first-order valence-electron chi connectivity index (χ1n) is 6.93. The average molecular weight is 254 g/mol. The lowest BCUT2D eigenvalue weighted by Crippen LogP contribution is -2.34. The minimum absolute atomic E-state index is 0.0640. The first kappa shape index (κ1) is 12.2. The third-order valence-corrected chi connectivity index (χ3v) is 4.16. The molecule has 0 saturated heterocycles. The summed E-state index contributed by atoms with van der Waals surface area (Å²) in [7, 11) is 0. The van der Waals surface area contributed by atoms with E-state index in [9.17, 15) is 4.79 Å². The monoisotopic (exact) mass is 254 g/mol. The molecule has 1 aromatic heterocycles. The van der Waals surface area contributed by atoms with Gasteiger partial charge in [-0.1, -0.05) is 49.6 Å². The molecule has 1 saturated carbocycles. The van der Waals surface area contributed by atoms with Crippen LogP contribution in [0.2, 0.25) is 0 Å². The average Bonchev–Trinajstić information content (AvgIpc) is 2.49. The molecule has 0 radical (unpaired) electrons. The van der Waals surface area contributed by atoms with E-state index in [1.165, 1.54) is 30.9 Å². The van der Waals surface area contributed by atoms with Gasteiger partial charge >= 0.3 is 0 Å². The number of nitrogens with one attached hydrogen (secondary N) is 1. The zero-order valence-electron chi connectivity index (χ0n) is 10.9. The zero-order valence-corrected chi connectivity index (χ0v) is 10.9. The van der Waals surface area contributed by atoms with Crippen LogP contribution in [0.5, 0.6) is 0 Å². The quantitative estimate of drug-likeness (QED) is 0.895. The highest BCUT2D eigenvalue weighted by Crippen LogP contribution is 2.42. The van der Waals surface area contributed by atoms with Crippen LogP contribution in [0.4, 0.5) is 0 Å². The van der Waals surface area contributed by atoms with E-state index in [0.717, 1.165) is 18.7 Å². The predicted molar refractivity (Wildman–Crippen MR) is 75.2 cm³/mol. The number of hydrogen-bond acceptors (Lipinski definition) is 2. The Balaban J connectivity index is 2.14. The Hall–Kier alpha value is -1.90. The molecule has 3 nitrogen and oxygen atoms in total. The van der Waals surface area contributed by atoms with Gasteiger partial charge in [-0.05, 0) is 18.4 Å². The summed E-state index contributed by atoms with van der Waals surface area (Å²) < 4.78 is 0. The minimum Gasteiger partial charge on any atom is -0.310 e. The number of aromatic nitrogens is 2. The normalized spacial score (nSPS) is 18.1. The van der Waals surface area contributed by atoms with Gasteiger partial charge in [0.1, 0.15) is 5.82 Å². The smallest absolute Gasteiger partial charge is 0.250 e. The summed E-state index contributed by atoms with van der Waals surface area (Å²) in [6, 6.07) is 11.9. The van der Waals surface area contributed by atoms with Crippen LogP contribution in [0.25, 0.3) is 0 Å². The van der Waals surface area contributed by atoms with Crippen molar-refractivity contribution in [2.75, 3.05) is 0 Å². The second kappa shape index (κ2) is 5.00. The van der Waals surface area contributed by atoms with Crippen LogP contribution in [-0.2, 0) is 5.41 Å². The van der Waals surface area contributed by atoms with Crippen molar-refractivity contribution in [2.45, 2.75) is 37.5 Å². The molecule has 2 aromatic rings. The van der Waals surface area contributed by atoms with Crippen molar-refractivity contribution in [3.05, 3.63) is 64.3 Å². The molecule has 19 heavy (non-hydrogen) atoms. The van der Waals surface area contributed by atoms with Crippen molar-refractivity contribution >= 4 is 0 Å². The van der Waals surface area contributed by atoms with Crippen molar-refractivity contribution in [2.24, 2.45) is 0 Å². The topological polar surface area (TPSA) is 45.8 Å². The van der Waals surface area contributed by atoms with Crippen LogP contribution in [0.15, 0.2) is 47.4 Å². The molecular formula is C16H18N2O. The van der Waals surface area contributed by atoms with Crippen LogP contribution in [0.1, 0.15) is 43.5 Å². The molecule has 0 aliphatic heterocycles. The molecule has 0 amide bonds. The van der Waals surface area contributed by atoms with Crippen molar-refractivity contribution in [3.8, 4) is 0 Å². The van der Waals surface area contributed by atoms with Gasteiger partial charge in [-0.3, -0.25) is 4.79 Å². The SMILES string of the molecule is O=c1ccnc(C2(c3ccccc3)CCCCC2)[nH]1. The molecule has 1 aliphatic carbocycles. The fourth-order valence-corrected chi connectivity index (χ4v) is 3.19. The van der Waals surface area contributed by atoms with E-state index in [4.69, 9.17) is 0 Å².